The normalized spacial score (nSPS) is 22.1. The van der Waals surface area contributed by atoms with Gasteiger partial charge >= 0.3 is 6.03 Å². The monoisotopic (exact) mass is 387 g/mol. The molecular weight excluding hydrogens is 362 g/mol. The van der Waals surface area contributed by atoms with Gasteiger partial charge in [0.25, 0.3) is 5.91 Å². The predicted octanol–water partition coefficient (Wildman–Crippen LogP) is 2.06. The van der Waals surface area contributed by atoms with Crippen molar-refractivity contribution in [3.05, 3.63) is 23.8 Å². The van der Waals surface area contributed by atoms with E-state index in [4.69, 9.17) is 9.47 Å². The lowest BCUT2D eigenvalue weighted by Gasteiger charge is -2.17. The van der Waals surface area contributed by atoms with Gasteiger partial charge < -0.3 is 20.1 Å². The van der Waals surface area contributed by atoms with E-state index in [1.54, 1.807) is 18.2 Å². The fraction of sp³-hybridized carbons (Fsp3) is 0.550. The van der Waals surface area contributed by atoms with Crippen LogP contribution < -0.4 is 20.1 Å². The summed E-state index contributed by atoms with van der Waals surface area (Å²) < 4.78 is 10.6. The average Bonchev–Trinajstić information content (AvgIpc) is 3.12. The highest BCUT2D eigenvalue weighted by atomic mass is 16.7. The highest BCUT2D eigenvalue weighted by Crippen LogP contribution is 2.33. The molecule has 0 aromatic heterocycles. The molecule has 0 unspecified atom stereocenters. The van der Waals surface area contributed by atoms with Crippen molar-refractivity contribution in [2.24, 2.45) is 0 Å². The summed E-state index contributed by atoms with van der Waals surface area (Å²) in [7, 11) is 0. The fourth-order valence-electron chi connectivity index (χ4n) is 3.98. The summed E-state index contributed by atoms with van der Waals surface area (Å²) in [5.74, 6) is 0.687. The quantitative estimate of drug-likeness (QED) is 0.595. The number of hydrogen-bond acceptors (Lipinski definition) is 5. The number of imide groups is 1. The lowest BCUT2D eigenvalue weighted by molar-refractivity contribution is -0.131. The Morgan fingerprint density at radius 2 is 1.86 bits per heavy atom. The van der Waals surface area contributed by atoms with Crippen molar-refractivity contribution >= 4 is 17.8 Å². The number of amides is 4. The molecular formula is C20H25N3O5. The van der Waals surface area contributed by atoms with Crippen molar-refractivity contribution in [2.75, 3.05) is 6.79 Å². The first-order chi connectivity index (χ1) is 13.6. The number of nitrogens with zero attached hydrogens (tertiary/aromatic N) is 1. The average molecular weight is 387 g/mol. The molecule has 1 atom stereocenters. The van der Waals surface area contributed by atoms with Gasteiger partial charge in [0.05, 0.1) is 13.0 Å². The molecule has 2 fully saturated rings. The van der Waals surface area contributed by atoms with Crippen molar-refractivity contribution in [3.8, 4) is 11.5 Å². The zero-order chi connectivity index (χ0) is 19.5. The summed E-state index contributed by atoms with van der Waals surface area (Å²) in [6, 6.07) is 4.19. The van der Waals surface area contributed by atoms with Gasteiger partial charge in [-0.1, -0.05) is 31.7 Å². The minimum absolute atomic E-state index is 0.0291. The molecule has 0 radical (unpaired) electrons. The van der Waals surface area contributed by atoms with E-state index in [-0.39, 0.29) is 37.6 Å². The minimum atomic E-state index is -0.813. The Kier molecular flexibility index (Phi) is 5.36. The van der Waals surface area contributed by atoms with E-state index in [0.29, 0.717) is 11.5 Å². The zero-order valence-electron chi connectivity index (χ0n) is 15.7. The molecule has 0 spiro atoms. The van der Waals surface area contributed by atoms with Crippen LogP contribution in [-0.2, 0) is 16.1 Å². The van der Waals surface area contributed by atoms with Gasteiger partial charge in [0.1, 0.15) is 6.04 Å². The molecule has 1 aromatic carbocycles. The molecule has 8 heteroatoms. The van der Waals surface area contributed by atoms with Crippen LogP contribution in [0.15, 0.2) is 18.2 Å². The minimum Gasteiger partial charge on any atom is -0.454 e. The number of rotatable bonds is 5. The maximum atomic E-state index is 12.6. The molecule has 4 rings (SSSR count). The van der Waals surface area contributed by atoms with Crippen molar-refractivity contribution in [3.63, 3.8) is 0 Å². The van der Waals surface area contributed by atoms with Crippen LogP contribution in [0.1, 0.15) is 50.5 Å². The summed E-state index contributed by atoms with van der Waals surface area (Å²) >= 11 is 0. The SMILES string of the molecule is O=C(C[C@@H]1NC(=O)N(Cc2ccc3c(c2)OCO3)C1=O)NC1CCCCCC1. The smallest absolute Gasteiger partial charge is 0.325 e. The molecule has 150 valence electrons. The number of carbonyl (C=O) groups excluding carboxylic acids is 3. The molecule has 1 aromatic rings. The van der Waals surface area contributed by atoms with Gasteiger partial charge in [0, 0.05) is 6.04 Å². The van der Waals surface area contributed by atoms with Crippen molar-refractivity contribution < 1.29 is 23.9 Å². The molecule has 2 aliphatic heterocycles. The Balaban J connectivity index is 1.33. The van der Waals surface area contributed by atoms with Gasteiger partial charge in [-0.05, 0) is 30.5 Å². The summed E-state index contributed by atoms with van der Waals surface area (Å²) in [6.45, 7) is 0.294. The molecule has 8 nitrogen and oxygen atoms in total. The summed E-state index contributed by atoms with van der Waals surface area (Å²) in [5.41, 5.74) is 0.760. The predicted molar refractivity (Wildman–Crippen MR) is 99.7 cm³/mol. The Hall–Kier alpha value is -2.77. The zero-order valence-corrected chi connectivity index (χ0v) is 15.7. The topological polar surface area (TPSA) is 97.0 Å². The van der Waals surface area contributed by atoms with Gasteiger partial charge in [0.15, 0.2) is 11.5 Å². The molecule has 3 aliphatic rings. The first-order valence-corrected chi connectivity index (χ1v) is 9.90. The Bertz CT molecular complexity index is 773. The van der Waals surface area contributed by atoms with E-state index >= 15 is 0 Å². The van der Waals surface area contributed by atoms with Crippen LogP contribution in [0, 0.1) is 0 Å². The number of carbonyl (C=O) groups is 3. The second-order valence-corrected chi connectivity index (χ2v) is 7.57. The second kappa shape index (κ2) is 8.08. The van der Waals surface area contributed by atoms with Gasteiger partial charge in [-0.25, -0.2) is 4.79 Å². The highest BCUT2D eigenvalue weighted by molar-refractivity contribution is 6.05. The summed E-state index contributed by atoms with van der Waals surface area (Å²) in [5, 5.41) is 5.65. The highest BCUT2D eigenvalue weighted by Gasteiger charge is 2.39. The maximum absolute atomic E-state index is 12.6. The van der Waals surface area contributed by atoms with Crippen LogP contribution in [0.4, 0.5) is 4.79 Å². The van der Waals surface area contributed by atoms with Gasteiger partial charge in [-0.3, -0.25) is 14.5 Å². The lowest BCUT2D eigenvalue weighted by atomic mass is 10.1. The number of nitrogens with one attached hydrogen (secondary N) is 2. The van der Waals surface area contributed by atoms with Gasteiger partial charge in [0.2, 0.25) is 12.7 Å². The number of fused-ring (bicyclic) bond motifs is 1. The van der Waals surface area contributed by atoms with E-state index < -0.39 is 12.1 Å². The van der Waals surface area contributed by atoms with Crippen LogP contribution in [0.2, 0.25) is 0 Å². The molecule has 0 bridgehead atoms. The van der Waals surface area contributed by atoms with E-state index in [2.05, 4.69) is 10.6 Å². The third-order valence-electron chi connectivity index (χ3n) is 5.49. The van der Waals surface area contributed by atoms with Crippen LogP contribution in [0.25, 0.3) is 0 Å². The largest absolute Gasteiger partial charge is 0.454 e. The van der Waals surface area contributed by atoms with E-state index in [1.165, 1.54) is 12.8 Å². The Morgan fingerprint density at radius 1 is 1.11 bits per heavy atom. The molecule has 4 amide bonds. The van der Waals surface area contributed by atoms with Crippen LogP contribution in [0.5, 0.6) is 11.5 Å². The standard InChI is InChI=1S/C20H25N3O5/c24-18(21-14-5-3-1-2-4-6-14)10-15-19(25)23(20(26)22-15)11-13-7-8-16-17(9-13)28-12-27-16/h7-9,14-15H,1-6,10-12H2,(H,21,24)(H,22,26)/t15-/m0/s1. The number of benzene rings is 1. The van der Waals surface area contributed by atoms with E-state index in [1.807, 2.05) is 0 Å². The Morgan fingerprint density at radius 3 is 2.64 bits per heavy atom. The van der Waals surface area contributed by atoms with Gasteiger partial charge in [-0.15, -0.1) is 0 Å². The number of urea groups is 1. The number of hydrogen-bond donors (Lipinski definition) is 2. The molecule has 1 saturated carbocycles. The van der Waals surface area contributed by atoms with Crippen molar-refractivity contribution in [1.82, 2.24) is 15.5 Å². The first-order valence-electron chi connectivity index (χ1n) is 9.90. The number of ether oxygens (including phenoxy) is 2. The summed E-state index contributed by atoms with van der Waals surface area (Å²) in [6.07, 6.45) is 6.58. The molecule has 1 saturated heterocycles. The molecule has 28 heavy (non-hydrogen) atoms. The fourth-order valence-corrected chi connectivity index (χ4v) is 3.98. The van der Waals surface area contributed by atoms with Crippen LogP contribution in [0.3, 0.4) is 0 Å². The molecule has 1 aliphatic carbocycles. The van der Waals surface area contributed by atoms with Crippen LogP contribution >= 0.6 is 0 Å². The van der Waals surface area contributed by atoms with Crippen molar-refractivity contribution in [1.29, 1.82) is 0 Å². The second-order valence-electron chi connectivity index (χ2n) is 7.57. The van der Waals surface area contributed by atoms with E-state index in [0.717, 1.165) is 36.1 Å². The third kappa shape index (κ3) is 4.05. The van der Waals surface area contributed by atoms with E-state index in [9.17, 15) is 14.4 Å². The van der Waals surface area contributed by atoms with Crippen LogP contribution in [-0.4, -0.2) is 41.6 Å². The third-order valence-corrected chi connectivity index (χ3v) is 5.49. The van der Waals surface area contributed by atoms with Crippen molar-refractivity contribution in [2.45, 2.75) is 63.6 Å². The summed E-state index contributed by atoms with van der Waals surface area (Å²) in [4.78, 5) is 38.4. The Labute approximate surface area is 163 Å². The maximum Gasteiger partial charge on any atom is 0.325 e. The van der Waals surface area contributed by atoms with Gasteiger partial charge in [-0.2, -0.15) is 0 Å². The molecule has 2 N–H and O–H groups in total. The lowest BCUT2D eigenvalue weighted by Crippen LogP contribution is -2.40. The first kappa shape index (κ1) is 18.6. The molecule has 2 heterocycles.